The van der Waals surface area contributed by atoms with Gasteiger partial charge < -0.3 is 10.2 Å². The van der Waals surface area contributed by atoms with Gasteiger partial charge in [0.25, 0.3) is 10.0 Å². The molecule has 0 bridgehead atoms. The minimum Gasteiger partial charge on any atom is -0.352 e. The van der Waals surface area contributed by atoms with E-state index < -0.39 is 28.5 Å². The molecule has 3 aromatic rings. The SMILES string of the molecule is CC[C@@H](C)NC(=O)[C@@H](C)N(Cc1ccc(Cl)c(Cl)c1)C(=O)CN(c1ccccc1C)S(=O)(=O)c1ccc(Cl)cc1. The Hall–Kier alpha value is -2.78. The molecule has 214 valence electrons. The highest BCUT2D eigenvalue weighted by atomic mass is 35.5. The third kappa shape index (κ3) is 7.69. The molecule has 0 saturated carbocycles. The maximum absolute atomic E-state index is 14.0. The molecule has 0 heterocycles. The van der Waals surface area contributed by atoms with E-state index in [-0.39, 0.29) is 23.4 Å². The molecule has 0 aromatic heterocycles. The fourth-order valence-electron chi connectivity index (χ4n) is 3.97. The number of para-hydroxylation sites is 1. The van der Waals surface area contributed by atoms with E-state index in [0.717, 1.165) is 4.31 Å². The van der Waals surface area contributed by atoms with Crippen LogP contribution in [0.3, 0.4) is 0 Å². The summed E-state index contributed by atoms with van der Waals surface area (Å²) < 4.78 is 28.8. The summed E-state index contributed by atoms with van der Waals surface area (Å²) in [5.74, 6) is -0.926. The first kappa shape index (κ1) is 31.7. The molecule has 0 radical (unpaired) electrons. The van der Waals surface area contributed by atoms with Gasteiger partial charge in [0.2, 0.25) is 11.8 Å². The van der Waals surface area contributed by atoms with E-state index in [9.17, 15) is 18.0 Å². The van der Waals surface area contributed by atoms with Crippen LogP contribution in [0.4, 0.5) is 5.69 Å². The van der Waals surface area contributed by atoms with Crippen molar-refractivity contribution in [2.45, 2.75) is 57.6 Å². The molecule has 11 heteroatoms. The van der Waals surface area contributed by atoms with E-state index >= 15 is 0 Å². The maximum Gasteiger partial charge on any atom is 0.264 e. The average molecular weight is 625 g/mol. The standard InChI is InChI=1S/C29H32Cl3N3O4S/c1-5-20(3)33-29(37)21(4)34(17-22-10-15-25(31)26(32)16-22)28(36)18-35(27-9-7-6-8-19(27)2)40(38,39)24-13-11-23(30)12-14-24/h6-16,20-21H,5,17-18H2,1-4H3,(H,33,37)/t20-,21-/m1/s1. The van der Waals surface area contributed by atoms with Crippen LogP contribution in [0.5, 0.6) is 0 Å². The van der Waals surface area contributed by atoms with Gasteiger partial charge in [0.1, 0.15) is 12.6 Å². The van der Waals surface area contributed by atoms with Gasteiger partial charge in [0.05, 0.1) is 20.6 Å². The molecule has 2 atom stereocenters. The monoisotopic (exact) mass is 623 g/mol. The summed E-state index contributed by atoms with van der Waals surface area (Å²) in [5, 5.41) is 3.94. The number of aryl methyl sites for hydroxylation is 1. The van der Waals surface area contributed by atoms with Gasteiger partial charge in [-0.1, -0.05) is 66.0 Å². The topological polar surface area (TPSA) is 86.8 Å². The third-order valence-electron chi connectivity index (χ3n) is 6.57. The summed E-state index contributed by atoms with van der Waals surface area (Å²) in [6.45, 7) is 6.65. The summed E-state index contributed by atoms with van der Waals surface area (Å²) >= 11 is 18.3. The van der Waals surface area contributed by atoms with Crippen LogP contribution in [0.15, 0.2) is 71.6 Å². The quantitative estimate of drug-likeness (QED) is 0.265. The first-order valence-corrected chi connectivity index (χ1v) is 15.3. The van der Waals surface area contributed by atoms with Crippen molar-refractivity contribution in [2.24, 2.45) is 0 Å². The van der Waals surface area contributed by atoms with Gasteiger partial charge in [-0.05, 0) is 80.8 Å². The maximum atomic E-state index is 14.0. The lowest BCUT2D eigenvalue weighted by Crippen LogP contribution is -2.52. The second-order valence-corrected chi connectivity index (χ2v) is 12.6. The Kier molecular flexibility index (Phi) is 10.9. The van der Waals surface area contributed by atoms with E-state index in [4.69, 9.17) is 34.8 Å². The van der Waals surface area contributed by atoms with E-state index in [0.29, 0.717) is 38.3 Å². The van der Waals surface area contributed by atoms with Crippen molar-refractivity contribution >= 4 is 62.3 Å². The molecule has 0 saturated heterocycles. The van der Waals surface area contributed by atoms with Gasteiger partial charge in [0, 0.05) is 17.6 Å². The highest BCUT2D eigenvalue weighted by Crippen LogP contribution is 2.28. The Balaban J connectivity index is 2.05. The minimum atomic E-state index is -4.19. The van der Waals surface area contributed by atoms with Crippen LogP contribution < -0.4 is 9.62 Å². The number of hydrogen-bond donors (Lipinski definition) is 1. The van der Waals surface area contributed by atoms with Crippen molar-refractivity contribution in [1.82, 2.24) is 10.2 Å². The van der Waals surface area contributed by atoms with E-state index in [1.54, 1.807) is 56.3 Å². The van der Waals surface area contributed by atoms with Gasteiger partial charge in [-0.15, -0.1) is 0 Å². The molecule has 0 aliphatic heterocycles. The van der Waals surface area contributed by atoms with Gasteiger partial charge in [-0.25, -0.2) is 8.42 Å². The molecular weight excluding hydrogens is 593 g/mol. The number of halogens is 3. The molecule has 7 nitrogen and oxygen atoms in total. The number of benzene rings is 3. The van der Waals surface area contributed by atoms with E-state index in [2.05, 4.69) is 5.32 Å². The summed E-state index contributed by atoms with van der Waals surface area (Å²) in [4.78, 5) is 28.4. The van der Waals surface area contributed by atoms with Crippen LogP contribution >= 0.6 is 34.8 Å². The zero-order valence-corrected chi connectivity index (χ0v) is 25.8. The van der Waals surface area contributed by atoms with Crippen molar-refractivity contribution in [3.05, 3.63) is 92.9 Å². The first-order valence-electron chi connectivity index (χ1n) is 12.7. The fourth-order valence-corrected chi connectivity index (χ4v) is 5.90. The number of nitrogens with one attached hydrogen (secondary N) is 1. The predicted octanol–water partition coefficient (Wildman–Crippen LogP) is 6.48. The van der Waals surface area contributed by atoms with Crippen molar-refractivity contribution < 1.29 is 18.0 Å². The van der Waals surface area contributed by atoms with Crippen LogP contribution in [-0.2, 0) is 26.2 Å². The predicted molar refractivity (Wildman–Crippen MR) is 162 cm³/mol. The fraction of sp³-hybridized carbons (Fsp3) is 0.310. The number of sulfonamides is 1. The van der Waals surface area contributed by atoms with Crippen molar-refractivity contribution in [3.8, 4) is 0 Å². The molecule has 0 unspecified atom stereocenters. The normalized spacial score (nSPS) is 12.9. The molecule has 0 aliphatic rings. The number of rotatable bonds is 11. The van der Waals surface area contributed by atoms with Gasteiger partial charge in [0.15, 0.2) is 0 Å². The summed E-state index contributed by atoms with van der Waals surface area (Å²) in [5.41, 5.74) is 1.64. The molecule has 3 rings (SSSR count). The zero-order valence-electron chi connectivity index (χ0n) is 22.7. The largest absolute Gasteiger partial charge is 0.352 e. The van der Waals surface area contributed by atoms with E-state index in [1.807, 2.05) is 13.8 Å². The first-order chi connectivity index (χ1) is 18.8. The van der Waals surface area contributed by atoms with Gasteiger partial charge in [-0.3, -0.25) is 13.9 Å². The highest BCUT2D eigenvalue weighted by molar-refractivity contribution is 7.92. The van der Waals surface area contributed by atoms with E-state index in [1.165, 1.54) is 29.2 Å². The van der Waals surface area contributed by atoms with Crippen molar-refractivity contribution in [3.63, 3.8) is 0 Å². The van der Waals surface area contributed by atoms with Crippen molar-refractivity contribution in [2.75, 3.05) is 10.8 Å². The molecule has 2 amide bonds. The Morgan fingerprint density at radius 3 is 2.17 bits per heavy atom. The van der Waals surface area contributed by atoms with Gasteiger partial charge in [-0.2, -0.15) is 0 Å². The second-order valence-electron chi connectivity index (χ2n) is 9.52. The molecule has 40 heavy (non-hydrogen) atoms. The van der Waals surface area contributed by atoms with Crippen LogP contribution in [-0.4, -0.2) is 43.8 Å². The lowest BCUT2D eigenvalue weighted by Gasteiger charge is -2.33. The Labute approximate surface area is 251 Å². The summed E-state index contributed by atoms with van der Waals surface area (Å²) in [6.07, 6.45) is 0.708. The lowest BCUT2D eigenvalue weighted by atomic mass is 10.1. The zero-order chi connectivity index (χ0) is 29.6. The lowest BCUT2D eigenvalue weighted by molar-refractivity contribution is -0.139. The number of amides is 2. The van der Waals surface area contributed by atoms with Crippen LogP contribution in [0, 0.1) is 6.92 Å². The second kappa shape index (κ2) is 13.7. The van der Waals surface area contributed by atoms with Crippen LogP contribution in [0.25, 0.3) is 0 Å². The Morgan fingerprint density at radius 2 is 1.57 bits per heavy atom. The minimum absolute atomic E-state index is 0.00736. The smallest absolute Gasteiger partial charge is 0.264 e. The molecule has 0 aliphatic carbocycles. The number of hydrogen-bond acceptors (Lipinski definition) is 4. The number of carbonyl (C=O) groups is 2. The molecule has 1 N–H and O–H groups in total. The molecular formula is C29H32Cl3N3O4S. The van der Waals surface area contributed by atoms with Gasteiger partial charge >= 0.3 is 0 Å². The molecule has 3 aromatic carbocycles. The van der Waals surface area contributed by atoms with Crippen molar-refractivity contribution in [1.29, 1.82) is 0 Å². The number of carbonyl (C=O) groups excluding carboxylic acids is 2. The summed E-state index contributed by atoms with van der Waals surface area (Å²) in [7, 11) is -4.19. The third-order valence-corrected chi connectivity index (χ3v) is 9.33. The van der Waals surface area contributed by atoms with Crippen LogP contribution in [0.1, 0.15) is 38.3 Å². The number of nitrogens with zero attached hydrogens (tertiary/aromatic N) is 2. The summed E-state index contributed by atoms with van der Waals surface area (Å²) in [6, 6.07) is 16.5. The number of anilines is 1. The molecule has 0 spiro atoms. The Bertz CT molecular complexity index is 1470. The average Bonchev–Trinajstić information content (AvgIpc) is 2.92. The molecule has 0 fully saturated rings. The Morgan fingerprint density at radius 1 is 0.925 bits per heavy atom. The van der Waals surface area contributed by atoms with Crippen LogP contribution in [0.2, 0.25) is 15.1 Å². The highest BCUT2D eigenvalue weighted by Gasteiger charge is 2.33.